The Kier molecular flexibility index (Phi) is 7.20. The number of aryl methyl sites for hydroxylation is 2. The average molecular weight is 384 g/mol. The number of halogens is 3. The molecule has 0 aliphatic rings. The maximum absolute atomic E-state index is 12.4. The maximum atomic E-state index is 12.4. The van der Waals surface area contributed by atoms with Crippen LogP contribution in [0.5, 0.6) is 5.75 Å². The van der Waals surface area contributed by atoms with Gasteiger partial charge in [0, 0.05) is 29.3 Å². The summed E-state index contributed by atoms with van der Waals surface area (Å²) in [6, 6.07) is 5.65. The Balaban J connectivity index is 1.75. The lowest BCUT2D eigenvalue weighted by atomic mass is 10.2. The number of aromatic nitrogens is 1. The molecule has 4 nitrogen and oxygen atoms in total. The van der Waals surface area contributed by atoms with Gasteiger partial charge in [0.1, 0.15) is 5.75 Å². The Bertz CT molecular complexity index is 757. The molecule has 0 atom stereocenters. The van der Waals surface area contributed by atoms with Crippen molar-refractivity contribution in [2.24, 2.45) is 0 Å². The SMILES string of the molecule is Cc1csc(CCCCNC(=O)/C=C/c2ccccc2OC(F)(F)F)n1. The number of carbonyl (C=O) groups is 1. The Hall–Kier alpha value is -2.35. The van der Waals surface area contributed by atoms with Gasteiger partial charge in [-0.15, -0.1) is 24.5 Å². The van der Waals surface area contributed by atoms with E-state index in [1.807, 2.05) is 12.3 Å². The molecule has 1 amide bonds. The van der Waals surface area contributed by atoms with Crippen molar-refractivity contribution >= 4 is 23.3 Å². The third kappa shape index (κ3) is 7.26. The number of para-hydroxylation sites is 1. The molecule has 140 valence electrons. The van der Waals surface area contributed by atoms with Crippen LogP contribution in [0.15, 0.2) is 35.7 Å². The molecule has 0 saturated heterocycles. The van der Waals surface area contributed by atoms with Crippen molar-refractivity contribution in [1.82, 2.24) is 10.3 Å². The first-order valence-electron chi connectivity index (χ1n) is 8.05. The van der Waals surface area contributed by atoms with E-state index in [0.29, 0.717) is 6.54 Å². The maximum Gasteiger partial charge on any atom is 0.573 e. The summed E-state index contributed by atoms with van der Waals surface area (Å²) >= 11 is 1.62. The van der Waals surface area contributed by atoms with Crippen LogP contribution in [0.4, 0.5) is 13.2 Å². The highest BCUT2D eigenvalue weighted by Crippen LogP contribution is 2.26. The molecule has 1 heterocycles. The minimum atomic E-state index is -4.78. The normalized spacial score (nSPS) is 11.7. The second-order valence-corrected chi connectivity index (χ2v) is 6.49. The molecule has 1 aromatic heterocycles. The zero-order valence-electron chi connectivity index (χ0n) is 14.2. The molecule has 1 N–H and O–H groups in total. The summed E-state index contributed by atoms with van der Waals surface area (Å²) in [5, 5.41) is 5.79. The first kappa shape index (κ1) is 20.0. The summed E-state index contributed by atoms with van der Waals surface area (Å²) in [5.74, 6) is -0.709. The minimum Gasteiger partial charge on any atom is -0.405 e. The van der Waals surface area contributed by atoms with Gasteiger partial charge in [-0.1, -0.05) is 18.2 Å². The van der Waals surface area contributed by atoms with E-state index in [1.54, 1.807) is 17.4 Å². The molecule has 2 aromatic rings. The molecule has 0 aliphatic heterocycles. The van der Waals surface area contributed by atoms with Crippen LogP contribution in [-0.2, 0) is 11.2 Å². The monoisotopic (exact) mass is 384 g/mol. The highest BCUT2D eigenvalue weighted by atomic mass is 32.1. The van der Waals surface area contributed by atoms with E-state index < -0.39 is 6.36 Å². The van der Waals surface area contributed by atoms with Gasteiger partial charge in [0.2, 0.25) is 5.91 Å². The topological polar surface area (TPSA) is 51.2 Å². The van der Waals surface area contributed by atoms with Crippen molar-refractivity contribution in [2.45, 2.75) is 32.5 Å². The van der Waals surface area contributed by atoms with Gasteiger partial charge < -0.3 is 10.1 Å². The van der Waals surface area contributed by atoms with E-state index in [1.165, 1.54) is 30.4 Å². The van der Waals surface area contributed by atoms with Crippen LogP contribution in [0.2, 0.25) is 0 Å². The number of hydrogen-bond acceptors (Lipinski definition) is 4. The zero-order valence-corrected chi connectivity index (χ0v) is 15.0. The molecule has 0 fully saturated rings. The van der Waals surface area contributed by atoms with Crippen molar-refractivity contribution in [3.05, 3.63) is 52.0 Å². The average Bonchev–Trinajstić information content (AvgIpc) is 2.97. The number of carbonyl (C=O) groups excluding carboxylic acids is 1. The molecule has 0 aliphatic carbocycles. The quantitative estimate of drug-likeness (QED) is 0.538. The van der Waals surface area contributed by atoms with Crippen LogP contribution >= 0.6 is 11.3 Å². The van der Waals surface area contributed by atoms with Crippen molar-refractivity contribution in [3.8, 4) is 5.75 Å². The number of hydrogen-bond donors (Lipinski definition) is 1. The van der Waals surface area contributed by atoms with E-state index in [-0.39, 0.29) is 17.2 Å². The van der Waals surface area contributed by atoms with Gasteiger partial charge in [-0.3, -0.25) is 4.79 Å². The number of amides is 1. The Morgan fingerprint density at radius 2 is 2.08 bits per heavy atom. The summed E-state index contributed by atoms with van der Waals surface area (Å²) in [7, 11) is 0. The fourth-order valence-electron chi connectivity index (χ4n) is 2.19. The summed E-state index contributed by atoms with van der Waals surface area (Å²) in [4.78, 5) is 16.1. The summed E-state index contributed by atoms with van der Waals surface area (Å²) < 4.78 is 41.0. The zero-order chi connectivity index (χ0) is 19.0. The number of thiazole rings is 1. The molecule has 1 aromatic carbocycles. The van der Waals surface area contributed by atoms with Gasteiger partial charge >= 0.3 is 6.36 Å². The predicted octanol–water partition coefficient (Wildman–Crippen LogP) is 4.50. The molecule has 26 heavy (non-hydrogen) atoms. The summed E-state index contributed by atoms with van der Waals surface area (Å²) in [5.41, 5.74) is 1.19. The van der Waals surface area contributed by atoms with Crippen LogP contribution in [0.25, 0.3) is 6.08 Å². The van der Waals surface area contributed by atoms with Gasteiger partial charge in [-0.05, 0) is 38.3 Å². The molecular weight excluding hydrogens is 365 g/mol. The number of nitrogens with one attached hydrogen (secondary N) is 1. The van der Waals surface area contributed by atoms with Gasteiger partial charge in [0.15, 0.2) is 0 Å². The van der Waals surface area contributed by atoms with E-state index in [9.17, 15) is 18.0 Å². The predicted molar refractivity (Wildman–Crippen MR) is 95.0 cm³/mol. The third-order valence-electron chi connectivity index (χ3n) is 3.34. The molecule has 8 heteroatoms. The highest BCUT2D eigenvalue weighted by molar-refractivity contribution is 7.09. The second kappa shape index (κ2) is 9.38. The lowest BCUT2D eigenvalue weighted by molar-refractivity contribution is -0.274. The van der Waals surface area contributed by atoms with Gasteiger partial charge in [-0.2, -0.15) is 0 Å². The number of unbranched alkanes of at least 4 members (excludes halogenated alkanes) is 1. The van der Waals surface area contributed by atoms with Crippen molar-refractivity contribution < 1.29 is 22.7 Å². The summed E-state index contributed by atoms with van der Waals surface area (Å²) in [6.45, 7) is 2.44. The van der Waals surface area contributed by atoms with E-state index in [4.69, 9.17) is 0 Å². The largest absolute Gasteiger partial charge is 0.573 e. The molecule has 0 unspecified atom stereocenters. The molecule has 2 rings (SSSR count). The van der Waals surface area contributed by atoms with Gasteiger partial charge in [0.05, 0.1) is 5.01 Å². The van der Waals surface area contributed by atoms with Crippen LogP contribution < -0.4 is 10.1 Å². The van der Waals surface area contributed by atoms with Crippen molar-refractivity contribution in [1.29, 1.82) is 0 Å². The standard InChI is InChI=1S/C18H19F3N2O2S/c1-13-12-26-17(23-13)8-4-5-11-22-16(24)10-9-14-6-2-3-7-15(14)25-18(19,20)21/h2-3,6-7,9-10,12H,4-5,8,11H2,1H3,(H,22,24)/b10-9+. The minimum absolute atomic E-state index is 0.180. The molecule has 0 spiro atoms. The van der Waals surface area contributed by atoms with E-state index >= 15 is 0 Å². The first-order chi connectivity index (χ1) is 12.3. The Morgan fingerprint density at radius 3 is 2.77 bits per heavy atom. The lowest BCUT2D eigenvalue weighted by Crippen LogP contribution is -2.22. The molecule has 0 saturated carbocycles. The Labute approximate surface area is 153 Å². The number of ether oxygens (including phenoxy) is 1. The van der Waals surface area contributed by atoms with E-state index in [2.05, 4.69) is 15.0 Å². The molecule has 0 radical (unpaired) electrons. The number of benzene rings is 1. The van der Waals surface area contributed by atoms with Gasteiger partial charge in [-0.25, -0.2) is 4.98 Å². The number of nitrogens with zero attached hydrogens (tertiary/aromatic N) is 1. The van der Waals surface area contributed by atoms with Crippen molar-refractivity contribution in [2.75, 3.05) is 6.54 Å². The Morgan fingerprint density at radius 1 is 1.31 bits per heavy atom. The third-order valence-corrected chi connectivity index (χ3v) is 4.37. The summed E-state index contributed by atoms with van der Waals surface area (Å²) in [6.07, 6.45) is 0.289. The number of alkyl halides is 3. The van der Waals surface area contributed by atoms with Gasteiger partial charge in [0.25, 0.3) is 0 Å². The van der Waals surface area contributed by atoms with Crippen molar-refractivity contribution in [3.63, 3.8) is 0 Å². The molecular formula is C18H19F3N2O2S. The smallest absolute Gasteiger partial charge is 0.405 e. The molecule has 0 bridgehead atoms. The first-order valence-corrected chi connectivity index (χ1v) is 8.93. The number of rotatable bonds is 8. The van der Waals surface area contributed by atoms with Crippen LogP contribution in [0.1, 0.15) is 29.1 Å². The van der Waals surface area contributed by atoms with Crippen LogP contribution in [-0.4, -0.2) is 23.8 Å². The highest BCUT2D eigenvalue weighted by Gasteiger charge is 2.31. The fourth-order valence-corrected chi connectivity index (χ4v) is 3.01. The van der Waals surface area contributed by atoms with Crippen LogP contribution in [0.3, 0.4) is 0 Å². The second-order valence-electron chi connectivity index (χ2n) is 5.55. The van der Waals surface area contributed by atoms with E-state index in [0.717, 1.165) is 30.0 Å². The fraction of sp³-hybridized carbons (Fsp3) is 0.333. The van der Waals surface area contributed by atoms with Crippen LogP contribution in [0, 0.1) is 6.92 Å². The lowest BCUT2D eigenvalue weighted by Gasteiger charge is -2.10.